The highest BCUT2D eigenvalue weighted by Gasteiger charge is 2.20. The minimum Gasteiger partial charge on any atom is -0.507 e. The van der Waals surface area contributed by atoms with Crippen molar-refractivity contribution in [1.82, 2.24) is 0 Å². The van der Waals surface area contributed by atoms with Crippen LogP contribution >= 0.6 is 11.8 Å². The number of aromatic hydroxyl groups is 2. The number of hydrogen-bond donors (Lipinski definition) is 2. The Labute approximate surface area is 197 Å². The van der Waals surface area contributed by atoms with E-state index in [0.717, 1.165) is 34.4 Å². The molecule has 32 heavy (non-hydrogen) atoms. The molecule has 174 valence electrons. The average Bonchev–Trinajstić information content (AvgIpc) is 2.70. The second kappa shape index (κ2) is 11.0. The van der Waals surface area contributed by atoms with Gasteiger partial charge in [-0.1, -0.05) is 65.8 Å². The molecule has 0 radical (unpaired) electrons. The molecule has 2 aromatic carbocycles. The Kier molecular flexibility index (Phi) is 8.97. The molecule has 0 fully saturated rings. The Hall–Kier alpha value is -2.27. The summed E-state index contributed by atoms with van der Waals surface area (Å²) in [6.45, 7) is 13.0. The van der Waals surface area contributed by atoms with Crippen molar-refractivity contribution in [3.05, 3.63) is 58.7 Å². The van der Waals surface area contributed by atoms with Crippen molar-refractivity contribution >= 4 is 24.2 Å². The summed E-state index contributed by atoms with van der Waals surface area (Å²) in [5, 5.41) is 21.4. The SMILES string of the molecule is CSCC[C@@H](CN=Cc1cccc(C(C)(C)C)c1O)N=Cc1cccc(C(C)(C)C)c1O. The van der Waals surface area contributed by atoms with Gasteiger partial charge in [0.1, 0.15) is 11.5 Å². The van der Waals surface area contributed by atoms with Gasteiger partial charge in [-0.05, 0) is 52.5 Å². The molecule has 0 saturated heterocycles. The van der Waals surface area contributed by atoms with Crippen LogP contribution in [0.2, 0.25) is 0 Å². The summed E-state index contributed by atoms with van der Waals surface area (Å²) in [5.74, 6) is 1.56. The van der Waals surface area contributed by atoms with Gasteiger partial charge < -0.3 is 10.2 Å². The molecule has 0 bridgehead atoms. The Morgan fingerprint density at radius 1 is 0.844 bits per heavy atom. The van der Waals surface area contributed by atoms with E-state index >= 15 is 0 Å². The quantitative estimate of drug-likeness (QED) is 0.457. The highest BCUT2D eigenvalue weighted by atomic mass is 32.2. The van der Waals surface area contributed by atoms with Crippen molar-refractivity contribution in [2.45, 2.75) is 64.8 Å². The zero-order valence-electron chi connectivity index (χ0n) is 20.5. The highest BCUT2D eigenvalue weighted by molar-refractivity contribution is 7.98. The van der Waals surface area contributed by atoms with Gasteiger partial charge in [0.05, 0.1) is 12.6 Å². The van der Waals surface area contributed by atoms with Crippen molar-refractivity contribution < 1.29 is 10.2 Å². The first-order valence-corrected chi connectivity index (χ1v) is 12.5. The molecule has 0 aromatic heterocycles. The monoisotopic (exact) mass is 454 g/mol. The van der Waals surface area contributed by atoms with Crippen LogP contribution in [0.1, 0.15) is 70.2 Å². The van der Waals surface area contributed by atoms with Crippen LogP contribution in [0.25, 0.3) is 0 Å². The maximum absolute atomic E-state index is 10.7. The largest absolute Gasteiger partial charge is 0.507 e. The second-order valence-electron chi connectivity index (χ2n) is 10.2. The summed E-state index contributed by atoms with van der Waals surface area (Å²) in [4.78, 5) is 9.35. The van der Waals surface area contributed by atoms with Gasteiger partial charge in [-0.15, -0.1) is 0 Å². The molecule has 0 aliphatic heterocycles. The van der Waals surface area contributed by atoms with Crippen LogP contribution < -0.4 is 0 Å². The topological polar surface area (TPSA) is 65.2 Å². The number of hydrogen-bond acceptors (Lipinski definition) is 5. The lowest BCUT2D eigenvalue weighted by Crippen LogP contribution is -2.13. The Bertz CT molecular complexity index is 953. The molecule has 0 saturated carbocycles. The van der Waals surface area contributed by atoms with E-state index in [1.165, 1.54) is 0 Å². The van der Waals surface area contributed by atoms with Crippen molar-refractivity contribution in [3.63, 3.8) is 0 Å². The van der Waals surface area contributed by atoms with Crippen LogP contribution in [0.5, 0.6) is 11.5 Å². The summed E-state index contributed by atoms with van der Waals surface area (Å²) in [6.07, 6.45) is 6.48. The molecule has 0 aliphatic carbocycles. The minimum absolute atomic E-state index is 0.00401. The van der Waals surface area contributed by atoms with Crippen LogP contribution in [-0.2, 0) is 10.8 Å². The molecule has 0 spiro atoms. The third kappa shape index (κ3) is 7.13. The molecule has 4 nitrogen and oxygen atoms in total. The number of para-hydroxylation sites is 2. The van der Waals surface area contributed by atoms with Gasteiger partial charge in [0.15, 0.2) is 0 Å². The molecule has 2 rings (SSSR count). The van der Waals surface area contributed by atoms with Gasteiger partial charge in [0, 0.05) is 23.6 Å². The maximum Gasteiger partial charge on any atom is 0.128 e. The zero-order chi connectivity index (χ0) is 23.9. The summed E-state index contributed by atoms with van der Waals surface area (Å²) in [7, 11) is 0. The lowest BCUT2D eigenvalue weighted by atomic mass is 9.85. The van der Waals surface area contributed by atoms with E-state index in [0.29, 0.717) is 12.3 Å². The Morgan fingerprint density at radius 2 is 1.34 bits per heavy atom. The van der Waals surface area contributed by atoms with E-state index in [2.05, 4.69) is 52.8 Å². The third-order valence-electron chi connectivity index (χ3n) is 5.38. The molecule has 2 N–H and O–H groups in total. The van der Waals surface area contributed by atoms with Gasteiger partial charge >= 0.3 is 0 Å². The van der Waals surface area contributed by atoms with E-state index in [9.17, 15) is 10.2 Å². The summed E-state index contributed by atoms with van der Waals surface area (Å²) in [6, 6.07) is 11.6. The van der Waals surface area contributed by atoms with Crippen LogP contribution in [0.15, 0.2) is 46.4 Å². The highest BCUT2D eigenvalue weighted by Crippen LogP contribution is 2.33. The van der Waals surface area contributed by atoms with Gasteiger partial charge in [0.25, 0.3) is 0 Å². The first-order chi connectivity index (χ1) is 14.9. The van der Waals surface area contributed by atoms with Crippen molar-refractivity contribution in [3.8, 4) is 11.5 Å². The summed E-state index contributed by atoms with van der Waals surface area (Å²) < 4.78 is 0. The first-order valence-electron chi connectivity index (χ1n) is 11.1. The number of aliphatic imine (C=N–C) groups is 2. The van der Waals surface area contributed by atoms with Crippen LogP contribution in [-0.4, -0.2) is 47.2 Å². The fourth-order valence-electron chi connectivity index (χ4n) is 3.47. The molecule has 0 heterocycles. The molecule has 0 amide bonds. The lowest BCUT2D eigenvalue weighted by Gasteiger charge is -2.21. The van der Waals surface area contributed by atoms with Crippen LogP contribution in [0.3, 0.4) is 0 Å². The summed E-state index contributed by atoms with van der Waals surface area (Å²) in [5.41, 5.74) is 3.00. The standard InChI is InChI=1S/C27H38N2O2S/c1-26(2,3)22-12-8-10-19(24(22)30)16-28-18-21(14-15-32-7)29-17-20-11-9-13-23(25(20)31)27(4,5)6/h8-13,16-17,21,30-31H,14-15,18H2,1-7H3/t21-/m0/s1. The van der Waals surface area contributed by atoms with E-state index < -0.39 is 0 Å². The van der Waals surface area contributed by atoms with Gasteiger partial charge in [0.2, 0.25) is 0 Å². The molecule has 0 unspecified atom stereocenters. The maximum atomic E-state index is 10.7. The molecule has 0 aliphatic rings. The molecule has 5 heteroatoms. The smallest absolute Gasteiger partial charge is 0.128 e. The van der Waals surface area contributed by atoms with Crippen molar-refractivity contribution in [2.75, 3.05) is 18.6 Å². The third-order valence-corrected chi connectivity index (χ3v) is 6.02. The predicted molar refractivity (Wildman–Crippen MR) is 140 cm³/mol. The van der Waals surface area contributed by atoms with Crippen molar-refractivity contribution in [2.24, 2.45) is 9.98 Å². The van der Waals surface area contributed by atoms with Gasteiger partial charge in [-0.25, -0.2) is 0 Å². The molecule has 2 aromatic rings. The fraction of sp³-hybridized carbons (Fsp3) is 0.481. The molecular formula is C27H38N2O2S. The molecule has 1 atom stereocenters. The average molecular weight is 455 g/mol. The number of rotatable bonds is 8. The fourth-order valence-corrected chi connectivity index (χ4v) is 3.97. The van der Waals surface area contributed by atoms with Gasteiger partial charge in [-0.2, -0.15) is 11.8 Å². The number of benzene rings is 2. The van der Waals surface area contributed by atoms with Crippen LogP contribution in [0, 0.1) is 0 Å². The number of phenols is 2. The lowest BCUT2D eigenvalue weighted by molar-refractivity contribution is 0.445. The minimum atomic E-state index is -0.139. The molecular weight excluding hydrogens is 416 g/mol. The zero-order valence-corrected chi connectivity index (χ0v) is 21.3. The predicted octanol–water partition coefficient (Wildman–Crippen LogP) is 6.35. The summed E-state index contributed by atoms with van der Waals surface area (Å²) >= 11 is 1.78. The first kappa shape index (κ1) is 26.0. The van der Waals surface area contributed by atoms with Gasteiger partial charge in [-0.3, -0.25) is 9.98 Å². The van der Waals surface area contributed by atoms with E-state index in [1.807, 2.05) is 36.4 Å². The number of thioether (sulfide) groups is 1. The number of phenolic OH excluding ortho intramolecular Hbond substituents is 2. The van der Waals surface area contributed by atoms with E-state index in [-0.39, 0.29) is 22.6 Å². The Balaban J connectivity index is 2.21. The van der Waals surface area contributed by atoms with E-state index in [1.54, 1.807) is 24.2 Å². The van der Waals surface area contributed by atoms with Crippen molar-refractivity contribution in [1.29, 1.82) is 0 Å². The van der Waals surface area contributed by atoms with E-state index in [4.69, 9.17) is 4.99 Å². The van der Waals surface area contributed by atoms with Crippen LogP contribution in [0.4, 0.5) is 0 Å². The second-order valence-corrected chi connectivity index (χ2v) is 11.2. The number of nitrogens with zero attached hydrogens (tertiary/aromatic N) is 2. The normalized spacial score (nSPS) is 13.8. The Morgan fingerprint density at radius 3 is 1.81 bits per heavy atom.